The first-order valence-corrected chi connectivity index (χ1v) is 6.92. The van der Waals surface area contributed by atoms with Crippen LogP contribution in [0.5, 0.6) is 0 Å². The summed E-state index contributed by atoms with van der Waals surface area (Å²) in [5.41, 5.74) is 0. The quantitative estimate of drug-likeness (QED) is 0.636. The standard InChI is InChI=1S/C9H17NO5S/c1-15-5-8(9(11)12)10-4-7-2-3-16(13,14)6-7/h7-8,10H,2-6H2,1H3,(H,11,12). The van der Waals surface area contributed by atoms with Gasteiger partial charge in [-0.3, -0.25) is 4.79 Å². The van der Waals surface area contributed by atoms with Crippen LogP contribution in [-0.2, 0) is 19.4 Å². The van der Waals surface area contributed by atoms with Crippen molar-refractivity contribution in [1.82, 2.24) is 5.32 Å². The van der Waals surface area contributed by atoms with Crippen LogP contribution in [0.4, 0.5) is 0 Å². The van der Waals surface area contributed by atoms with E-state index >= 15 is 0 Å². The SMILES string of the molecule is COCC(NCC1CCS(=O)(=O)C1)C(=O)O. The van der Waals surface area contributed by atoms with Crippen molar-refractivity contribution >= 4 is 15.8 Å². The molecule has 94 valence electrons. The van der Waals surface area contributed by atoms with E-state index in [-0.39, 0.29) is 24.0 Å². The molecule has 2 atom stereocenters. The zero-order valence-corrected chi connectivity index (χ0v) is 10.00. The molecule has 0 radical (unpaired) electrons. The van der Waals surface area contributed by atoms with Gasteiger partial charge in [-0.1, -0.05) is 0 Å². The molecule has 0 bridgehead atoms. The van der Waals surface area contributed by atoms with Crippen LogP contribution in [0.25, 0.3) is 0 Å². The highest BCUT2D eigenvalue weighted by molar-refractivity contribution is 7.91. The van der Waals surface area contributed by atoms with E-state index in [4.69, 9.17) is 9.84 Å². The lowest BCUT2D eigenvalue weighted by Gasteiger charge is -2.15. The molecule has 1 aliphatic rings. The first-order valence-electron chi connectivity index (χ1n) is 5.10. The van der Waals surface area contributed by atoms with Crippen LogP contribution in [0, 0.1) is 5.92 Å². The van der Waals surface area contributed by atoms with E-state index in [9.17, 15) is 13.2 Å². The second-order valence-electron chi connectivity index (χ2n) is 4.02. The molecule has 1 rings (SSSR count). The van der Waals surface area contributed by atoms with E-state index in [0.29, 0.717) is 13.0 Å². The van der Waals surface area contributed by atoms with Crippen molar-refractivity contribution in [2.45, 2.75) is 12.5 Å². The molecule has 7 heteroatoms. The number of hydrogen-bond acceptors (Lipinski definition) is 5. The minimum atomic E-state index is -2.89. The number of aliphatic carboxylic acids is 1. The van der Waals surface area contributed by atoms with Crippen LogP contribution in [0.3, 0.4) is 0 Å². The van der Waals surface area contributed by atoms with Gasteiger partial charge in [0.1, 0.15) is 6.04 Å². The number of nitrogens with one attached hydrogen (secondary N) is 1. The molecule has 0 spiro atoms. The van der Waals surface area contributed by atoms with Crippen molar-refractivity contribution in [2.75, 3.05) is 31.8 Å². The molecule has 0 aromatic carbocycles. The number of sulfone groups is 1. The highest BCUT2D eigenvalue weighted by Crippen LogP contribution is 2.17. The van der Waals surface area contributed by atoms with E-state index in [2.05, 4.69) is 5.32 Å². The molecule has 6 nitrogen and oxygen atoms in total. The molecular formula is C9H17NO5S. The van der Waals surface area contributed by atoms with E-state index in [1.165, 1.54) is 7.11 Å². The third kappa shape index (κ3) is 4.07. The third-order valence-electron chi connectivity index (χ3n) is 2.61. The monoisotopic (exact) mass is 251 g/mol. The number of rotatable bonds is 6. The number of ether oxygens (including phenoxy) is 1. The average Bonchev–Trinajstić information content (AvgIpc) is 2.52. The Morgan fingerprint density at radius 3 is 2.75 bits per heavy atom. The minimum absolute atomic E-state index is 0.0173. The lowest BCUT2D eigenvalue weighted by Crippen LogP contribution is -2.42. The molecule has 1 heterocycles. The molecular weight excluding hydrogens is 234 g/mol. The van der Waals surface area contributed by atoms with Gasteiger partial charge in [-0.15, -0.1) is 0 Å². The van der Waals surface area contributed by atoms with Crippen LogP contribution in [0.1, 0.15) is 6.42 Å². The van der Waals surface area contributed by atoms with Crippen molar-refractivity contribution in [1.29, 1.82) is 0 Å². The van der Waals surface area contributed by atoms with Gasteiger partial charge in [0.25, 0.3) is 0 Å². The van der Waals surface area contributed by atoms with Gasteiger partial charge in [-0.05, 0) is 18.9 Å². The lowest BCUT2D eigenvalue weighted by molar-refractivity contribution is -0.140. The van der Waals surface area contributed by atoms with Crippen LogP contribution in [0.2, 0.25) is 0 Å². The Kier molecular flexibility index (Phi) is 4.69. The van der Waals surface area contributed by atoms with Crippen molar-refractivity contribution < 1.29 is 23.1 Å². The highest BCUT2D eigenvalue weighted by atomic mass is 32.2. The number of carboxylic acid groups (broad SMARTS) is 1. The number of hydrogen-bond donors (Lipinski definition) is 2. The lowest BCUT2D eigenvalue weighted by atomic mass is 10.1. The third-order valence-corrected chi connectivity index (χ3v) is 4.45. The Morgan fingerprint density at radius 2 is 2.31 bits per heavy atom. The molecule has 0 saturated carbocycles. The Labute approximate surface area is 94.9 Å². The Hall–Kier alpha value is -0.660. The van der Waals surface area contributed by atoms with Gasteiger partial charge in [0.2, 0.25) is 0 Å². The van der Waals surface area contributed by atoms with Crippen LogP contribution in [0.15, 0.2) is 0 Å². The van der Waals surface area contributed by atoms with Gasteiger partial charge in [-0.2, -0.15) is 0 Å². The van der Waals surface area contributed by atoms with Gasteiger partial charge in [-0.25, -0.2) is 8.42 Å². The summed E-state index contributed by atoms with van der Waals surface area (Å²) in [6.07, 6.45) is 0.606. The fraction of sp³-hybridized carbons (Fsp3) is 0.889. The first-order chi connectivity index (χ1) is 7.44. The number of methoxy groups -OCH3 is 1. The number of carboxylic acids is 1. The van der Waals surface area contributed by atoms with E-state index < -0.39 is 21.8 Å². The summed E-state index contributed by atoms with van der Waals surface area (Å²) >= 11 is 0. The molecule has 1 aliphatic heterocycles. The number of carbonyl (C=O) groups is 1. The molecule has 16 heavy (non-hydrogen) atoms. The van der Waals surface area contributed by atoms with E-state index in [1.54, 1.807) is 0 Å². The molecule has 1 saturated heterocycles. The minimum Gasteiger partial charge on any atom is -0.480 e. The largest absolute Gasteiger partial charge is 0.480 e. The topological polar surface area (TPSA) is 92.7 Å². The summed E-state index contributed by atoms with van der Waals surface area (Å²) in [7, 11) is -1.47. The van der Waals surface area contributed by atoms with Gasteiger partial charge in [0.05, 0.1) is 18.1 Å². The predicted molar refractivity (Wildman–Crippen MR) is 58.1 cm³/mol. The van der Waals surface area contributed by atoms with Gasteiger partial charge in [0, 0.05) is 7.11 Å². The Morgan fingerprint density at radius 1 is 1.62 bits per heavy atom. The van der Waals surface area contributed by atoms with Crippen molar-refractivity contribution in [3.05, 3.63) is 0 Å². The maximum Gasteiger partial charge on any atom is 0.323 e. The van der Waals surface area contributed by atoms with E-state index in [1.807, 2.05) is 0 Å². The molecule has 1 fully saturated rings. The molecule has 0 aromatic heterocycles. The maximum atomic E-state index is 11.2. The molecule has 2 unspecified atom stereocenters. The summed E-state index contributed by atoms with van der Waals surface area (Å²) in [6, 6.07) is -0.770. The van der Waals surface area contributed by atoms with Crippen LogP contribution >= 0.6 is 0 Å². The zero-order chi connectivity index (χ0) is 12.2. The zero-order valence-electron chi connectivity index (χ0n) is 9.18. The molecule has 0 amide bonds. The van der Waals surface area contributed by atoms with Crippen molar-refractivity contribution in [2.24, 2.45) is 5.92 Å². The van der Waals surface area contributed by atoms with Crippen molar-refractivity contribution in [3.63, 3.8) is 0 Å². The fourth-order valence-electron chi connectivity index (χ4n) is 1.73. The average molecular weight is 251 g/mol. The van der Waals surface area contributed by atoms with Gasteiger partial charge >= 0.3 is 5.97 Å². The smallest absolute Gasteiger partial charge is 0.323 e. The Balaban J connectivity index is 2.36. The fourth-order valence-corrected chi connectivity index (χ4v) is 3.59. The first kappa shape index (κ1) is 13.4. The van der Waals surface area contributed by atoms with Gasteiger partial charge in [0.15, 0.2) is 9.84 Å². The summed E-state index contributed by atoms with van der Waals surface area (Å²) in [6.45, 7) is 0.481. The maximum absolute atomic E-state index is 11.2. The van der Waals surface area contributed by atoms with Crippen LogP contribution < -0.4 is 5.32 Å². The highest BCUT2D eigenvalue weighted by Gasteiger charge is 2.28. The normalized spacial score (nSPS) is 25.4. The van der Waals surface area contributed by atoms with Crippen molar-refractivity contribution in [3.8, 4) is 0 Å². The van der Waals surface area contributed by atoms with Crippen LogP contribution in [-0.4, -0.2) is 57.3 Å². The summed E-state index contributed by atoms with van der Waals surface area (Å²) in [4.78, 5) is 10.8. The second-order valence-corrected chi connectivity index (χ2v) is 6.25. The molecule has 0 aromatic rings. The molecule has 2 N–H and O–H groups in total. The summed E-state index contributed by atoms with van der Waals surface area (Å²) in [5, 5.41) is 11.6. The van der Waals surface area contributed by atoms with E-state index in [0.717, 1.165) is 0 Å². The molecule has 0 aliphatic carbocycles. The van der Waals surface area contributed by atoms with Gasteiger partial charge < -0.3 is 15.2 Å². The Bertz CT molecular complexity index is 340. The second kappa shape index (κ2) is 5.60. The summed E-state index contributed by atoms with van der Waals surface area (Å²) < 4.78 is 27.1. The predicted octanol–water partition coefficient (Wildman–Crippen LogP) is -0.890. The summed E-state index contributed by atoms with van der Waals surface area (Å²) in [5.74, 6) is -0.604.